The molecule has 1 aliphatic rings. The fourth-order valence-corrected chi connectivity index (χ4v) is 3.23. The average molecular weight is 340 g/mol. The van der Waals surface area contributed by atoms with Crippen molar-refractivity contribution < 1.29 is 4.79 Å². The van der Waals surface area contributed by atoms with Crippen LogP contribution in [0.5, 0.6) is 0 Å². The number of amides is 1. The molecule has 4 nitrogen and oxygen atoms in total. The molecule has 0 aliphatic carbocycles. The molecule has 0 aromatic heterocycles. The third-order valence-corrected chi connectivity index (χ3v) is 4.59. The normalized spacial score (nSPS) is 16.7. The molecule has 1 unspecified atom stereocenters. The van der Waals surface area contributed by atoms with Crippen molar-refractivity contribution in [3.05, 3.63) is 34.3 Å². The van der Waals surface area contributed by atoms with Gasteiger partial charge >= 0.3 is 0 Å². The lowest BCUT2D eigenvalue weighted by Crippen LogP contribution is -2.40. The number of likely N-dealkylation sites (tertiary alicyclic amines) is 1. The van der Waals surface area contributed by atoms with Gasteiger partial charge in [-0.15, -0.1) is 0 Å². The molecular weight excluding hydrogens is 318 g/mol. The van der Waals surface area contributed by atoms with Crippen molar-refractivity contribution in [2.24, 2.45) is 5.73 Å². The second-order valence-electron chi connectivity index (χ2n) is 5.28. The van der Waals surface area contributed by atoms with Gasteiger partial charge in [0.1, 0.15) is 0 Å². The summed E-state index contributed by atoms with van der Waals surface area (Å²) in [5.74, 6) is 0.204. The van der Waals surface area contributed by atoms with Crippen LogP contribution < -0.4 is 5.73 Å². The third-order valence-electron chi connectivity index (χ3n) is 3.86. The van der Waals surface area contributed by atoms with Crippen molar-refractivity contribution in [2.45, 2.75) is 18.9 Å². The molecule has 5 heteroatoms. The molecule has 1 fully saturated rings. The van der Waals surface area contributed by atoms with Crippen molar-refractivity contribution in [3.8, 4) is 0 Å². The quantitative estimate of drug-likeness (QED) is 0.892. The van der Waals surface area contributed by atoms with Crippen molar-refractivity contribution in [2.75, 3.05) is 33.2 Å². The lowest BCUT2D eigenvalue weighted by Gasteiger charge is -2.29. The van der Waals surface area contributed by atoms with Gasteiger partial charge in [0.2, 0.25) is 5.91 Å². The number of rotatable bonds is 5. The molecule has 1 aromatic rings. The minimum atomic E-state index is 0.0529. The van der Waals surface area contributed by atoms with E-state index in [0.29, 0.717) is 13.1 Å². The van der Waals surface area contributed by atoms with Crippen molar-refractivity contribution in [1.82, 2.24) is 9.80 Å². The summed E-state index contributed by atoms with van der Waals surface area (Å²) in [5, 5.41) is 0. The summed E-state index contributed by atoms with van der Waals surface area (Å²) in [6, 6.07) is 8.10. The number of hydrogen-bond acceptors (Lipinski definition) is 3. The maximum atomic E-state index is 12.2. The van der Waals surface area contributed by atoms with E-state index in [1.165, 1.54) is 0 Å². The molecule has 2 rings (SSSR count). The Morgan fingerprint density at radius 1 is 1.40 bits per heavy atom. The maximum absolute atomic E-state index is 12.2. The first kappa shape index (κ1) is 15.5. The van der Waals surface area contributed by atoms with Gasteiger partial charge in [-0.1, -0.05) is 34.1 Å². The zero-order chi connectivity index (χ0) is 14.5. The van der Waals surface area contributed by atoms with Gasteiger partial charge in [-0.25, -0.2) is 0 Å². The van der Waals surface area contributed by atoms with Crippen LogP contribution in [-0.4, -0.2) is 48.9 Å². The Bertz CT molecular complexity index is 460. The van der Waals surface area contributed by atoms with Crippen molar-refractivity contribution >= 4 is 21.8 Å². The number of likely N-dealkylation sites (N-methyl/N-ethyl adjacent to an activating group) is 1. The molecule has 0 radical (unpaired) electrons. The summed E-state index contributed by atoms with van der Waals surface area (Å²) in [7, 11) is 1.96. The first-order valence-electron chi connectivity index (χ1n) is 7.06. The van der Waals surface area contributed by atoms with Crippen LogP contribution in [0.4, 0.5) is 0 Å². The molecule has 110 valence electrons. The predicted molar refractivity (Wildman–Crippen MR) is 84.4 cm³/mol. The van der Waals surface area contributed by atoms with Crippen molar-refractivity contribution in [1.29, 1.82) is 0 Å². The molecular formula is C15H22BrN3O. The Balaban J connectivity index is 2.03. The second-order valence-corrected chi connectivity index (χ2v) is 6.13. The van der Waals surface area contributed by atoms with E-state index in [9.17, 15) is 4.79 Å². The molecule has 1 heterocycles. The van der Waals surface area contributed by atoms with Gasteiger partial charge in [-0.05, 0) is 31.5 Å². The van der Waals surface area contributed by atoms with E-state index in [0.717, 1.165) is 36.0 Å². The number of benzene rings is 1. The number of nitrogens with zero attached hydrogens (tertiary/aromatic N) is 2. The molecule has 1 amide bonds. The standard InChI is InChI=1S/C15H22BrN3O/c1-18(11-15(20)19-8-4-5-9-19)14(10-17)12-6-2-3-7-13(12)16/h2-3,6-7,14H,4-5,8-11,17H2,1H3. The predicted octanol–water partition coefficient (Wildman–Crippen LogP) is 2.00. The van der Waals surface area contributed by atoms with Crippen molar-refractivity contribution in [3.63, 3.8) is 0 Å². The molecule has 1 saturated heterocycles. The molecule has 1 aromatic carbocycles. The van der Waals surface area contributed by atoms with Gasteiger partial charge in [0, 0.05) is 30.1 Å². The zero-order valence-corrected chi connectivity index (χ0v) is 13.5. The minimum absolute atomic E-state index is 0.0529. The van der Waals surface area contributed by atoms with E-state index >= 15 is 0 Å². The zero-order valence-electron chi connectivity index (χ0n) is 11.9. The number of carbonyl (C=O) groups excluding carboxylic acids is 1. The van der Waals surface area contributed by atoms with Crippen LogP contribution in [0.25, 0.3) is 0 Å². The monoisotopic (exact) mass is 339 g/mol. The summed E-state index contributed by atoms with van der Waals surface area (Å²) in [6.45, 7) is 2.71. The number of nitrogens with two attached hydrogens (primary N) is 1. The molecule has 1 atom stereocenters. The van der Waals surface area contributed by atoms with Gasteiger partial charge < -0.3 is 10.6 Å². The second kappa shape index (κ2) is 7.20. The highest BCUT2D eigenvalue weighted by atomic mass is 79.9. The van der Waals surface area contributed by atoms with Gasteiger partial charge in [-0.3, -0.25) is 9.69 Å². The first-order valence-corrected chi connectivity index (χ1v) is 7.85. The van der Waals surface area contributed by atoms with Gasteiger partial charge in [0.15, 0.2) is 0 Å². The van der Waals surface area contributed by atoms with Crippen LogP contribution in [0.1, 0.15) is 24.4 Å². The highest BCUT2D eigenvalue weighted by Crippen LogP contribution is 2.26. The van der Waals surface area contributed by atoms with E-state index in [1.807, 2.05) is 35.0 Å². The number of hydrogen-bond donors (Lipinski definition) is 1. The molecule has 0 spiro atoms. The van der Waals surface area contributed by atoms with E-state index in [2.05, 4.69) is 22.0 Å². The van der Waals surface area contributed by atoms with Gasteiger partial charge in [-0.2, -0.15) is 0 Å². The summed E-state index contributed by atoms with van der Waals surface area (Å²) < 4.78 is 1.04. The largest absolute Gasteiger partial charge is 0.342 e. The van der Waals surface area contributed by atoms with Crippen LogP contribution in [-0.2, 0) is 4.79 Å². The van der Waals surface area contributed by atoms with E-state index in [4.69, 9.17) is 5.73 Å². The van der Waals surface area contributed by atoms with Gasteiger partial charge in [0.25, 0.3) is 0 Å². The Morgan fingerprint density at radius 2 is 2.05 bits per heavy atom. The van der Waals surface area contributed by atoms with Crippen LogP contribution in [0.2, 0.25) is 0 Å². The Morgan fingerprint density at radius 3 is 2.65 bits per heavy atom. The lowest BCUT2D eigenvalue weighted by atomic mass is 10.1. The maximum Gasteiger partial charge on any atom is 0.236 e. The van der Waals surface area contributed by atoms with E-state index in [-0.39, 0.29) is 11.9 Å². The summed E-state index contributed by atoms with van der Waals surface area (Å²) in [6.07, 6.45) is 2.25. The van der Waals surface area contributed by atoms with E-state index < -0.39 is 0 Å². The molecule has 0 saturated carbocycles. The molecule has 1 aliphatic heterocycles. The fraction of sp³-hybridized carbons (Fsp3) is 0.533. The van der Waals surface area contributed by atoms with Crippen LogP contribution in [0, 0.1) is 0 Å². The Labute approximate surface area is 129 Å². The average Bonchev–Trinajstić information content (AvgIpc) is 2.96. The summed E-state index contributed by atoms with van der Waals surface area (Å²) in [5.41, 5.74) is 7.05. The summed E-state index contributed by atoms with van der Waals surface area (Å²) >= 11 is 3.56. The lowest BCUT2D eigenvalue weighted by molar-refractivity contribution is -0.131. The molecule has 20 heavy (non-hydrogen) atoms. The van der Waals surface area contributed by atoms with Crippen LogP contribution >= 0.6 is 15.9 Å². The Kier molecular flexibility index (Phi) is 5.57. The Hall–Kier alpha value is -0.910. The number of halogens is 1. The summed E-state index contributed by atoms with van der Waals surface area (Å²) in [4.78, 5) is 16.2. The fourth-order valence-electron chi connectivity index (χ4n) is 2.68. The highest BCUT2D eigenvalue weighted by molar-refractivity contribution is 9.10. The van der Waals surface area contributed by atoms with E-state index in [1.54, 1.807) is 0 Å². The van der Waals surface area contributed by atoms with Crippen LogP contribution in [0.15, 0.2) is 28.7 Å². The third kappa shape index (κ3) is 3.59. The van der Waals surface area contributed by atoms with Crippen LogP contribution in [0.3, 0.4) is 0 Å². The number of carbonyl (C=O) groups is 1. The highest BCUT2D eigenvalue weighted by Gasteiger charge is 2.23. The first-order chi connectivity index (χ1) is 9.63. The SMILES string of the molecule is CN(CC(=O)N1CCCC1)C(CN)c1ccccc1Br. The minimum Gasteiger partial charge on any atom is -0.342 e. The topological polar surface area (TPSA) is 49.6 Å². The molecule has 0 bridgehead atoms. The molecule has 2 N–H and O–H groups in total. The smallest absolute Gasteiger partial charge is 0.236 e. The van der Waals surface area contributed by atoms with Gasteiger partial charge in [0.05, 0.1) is 6.54 Å².